The van der Waals surface area contributed by atoms with Crippen LogP contribution in [0.4, 0.5) is 0 Å². The molecule has 2 bridgehead atoms. The molecule has 1 saturated heterocycles. The van der Waals surface area contributed by atoms with Gasteiger partial charge in [-0.05, 0) is 75.8 Å². The third kappa shape index (κ3) is 5.76. The van der Waals surface area contributed by atoms with E-state index in [1.165, 1.54) is 6.42 Å². The van der Waals surface area contributed by atoms with Crippen LogP contribution in [-0.2, 0) is 18.4 Å². The topological polar surface area (TPSA) is 88.5 Å². The van der Waals surface area contributed by atoms with E-state index in [-0.39, 0.29) is 47.4 Å². The maximum absolute atomic E-state index is 14.2. The van der Waals surface area contributed by atoms with Crippen LogP contribution in [-0.4, -0.2) is 65.6 Å². The Morgan fingerprint density at radius 1 is 1.12 bits per heavy atom. The van der Waals surface area contributed by atoms with Crippen molar-refractivity contribution in [3.8, 4) is 0 Å². The van der Waals surface area contributed by atoms with Gasteiger partial charge < -0.3 is 18.8 Å². The summed E-state index contributed by atoms with van der Waals surface area (Å²) in [7, 11) is -1.76. The quantitative estimate of drug-likeness (QED) is 0.247. The molecule has 0 aromatic heterocycles. The first-order valence-corrected chi connectivity index (χ1v) is 17.3. The van der Waals surface area contributed by atoms with Crippen molar-refractivity contribution in [2.45, 2.75) is 112 Å². The third-order valence-electron chi connectivity index (χ3n) is 10.4. The van der Waals surface area contributed by atoms with E-state index < -0.39 is 19.4 Å². The minimum absolute atomic E-state index is 0.0395. The fourth-order valence-corrected chi connectivity index (χ4v) is 9.65. The Labute approximate surface area is 253 Å². The number of hydrogen-bond acceptors (Lipinski definition) is 6. The van der Waals surface area contributed by atoms with Gasteiger partial charge in [0.1, 0.15) is 12.2 Å². The van der Waals surface area contributed by atoms with Crippen molar-refractivity contribution in [3.63, 3.8) is 0 Å². The van der Waals surface area contributed by atoms with Crippen LogP contribution in [0.5, 0.6) is 0 Å². The van der Waals surface area contributed by atoms with Gasteiger partial charge in [-0.25, -0.2) is 0 Å². The summed E-state index contributed by atoms with van der Waals surface area (Å²) in [4.78, 5) is 36.2. The summed E-state index contributed by atoms with van der Waals surface area (Å²) < 4.78 is 25.8. The molecule has 2 aliphatic carbocycles. The second-order valence-corrected chi connectivity index (χ2v) is 16.3. The van der Waals surface area contributed by atoms with Gasteiger partial charge in [-0.2, -0.15) is 0 Å². The highest BCUT2D eigenvalue weighted by Gasteiger charge is 2.60. The van der Waals surface area contributed by atoms with Crippen LogP contribution in [0.3, 0.4) is 0 Å². The van der Waals surface area contributed by atoms with Crippen LogP contribution >= 0.6 is 7.60 Å². The average molecular weight is 602 g/mol. The normalized spacial score (nSPS) is 29.1. The number of aliphatic imine (C=N–C) groups is 1. The zero-order chi connectivity index (χ0) is 31.1. The molecule has 1 aliphatic heterocycles. The van der Waals surface area contributed by atoms with Gasteiger partial charge in [0.15, 0.2) is 5.78 Å². The molecule has 3 aliphatic rings. The van der Waals surface area contributed by atoms with E-state index in [9.17, 15) is 14.2 Å². The summed E-state index contributed by atoms with van der Waals surface area (Å²) in [6.45, 7) is 17.3. The van der Waals surface area contributed by atoms with Crippen molar-refractivity contribution in [1.82, 2.24) is 9.80 Å². The lowest BCUT2D eigenvalue weighted by atomic mass is 9.70. The first-order valence-electron chi connectivity index (χ1n) is 15.7. The van der Waals surface area contributed by atoms with Crippen LogP contribution in [0.25, 0.3) is 0 Å². The van der Waals surface area contributed by atoms with Gasteiger partial charge in [0, 0.05) is 29.2 Å². The van der Waals surface area contributed by atoms with Crippen LogP contribution < -0.4 is 0 Å². The Hall–Kier alpha value is -2.02. The van der Waals surface area contributed by atoms with Crippen molar-refractivity contribution in [2.75, 3.05) is 20.3 Å². The molecule has 1 aromatic carbocycles. The Bertz CT molecular complexity index is 1220. The molecule has 0 N–H and O–H groups in total. The second-order valence-electron chi connectivity index (χ2n) is 14.1. The molecular formula is C33H52N3O5P. The monoisotopic (exact) mass is 601 g/mol. The van der Waals surface area contributed by atoms with Crippen molar-refractivity contribution < 1.29 is 23.2 Å². The molecule has 0 spiro atoms. The highest BCUT2D eigenvalue weighted by molar-refractivity contribution is 7.54. The lowest BCUT2D eigenvalue weighted by molar-refractivity contribution is -0.129. The fourth-order valence-electron chi connectivity index (χ4n) is 7.73. The number of fused-ring (bicyclic) bond motifs is 2. The molecule has 2 amide bonds. The van der Waals surface area contributed by atoms with E-state index >= 15 is 0 Å². The number of nitrogens with zero attached hydrogens (tertiary/aromatic N) is 3. The molecule has 3 fully saturated rings. The van der Waals surface area contributed by atoms with Gasteiger partial charge >= 0.3 is 7.60 Å². The van der Waals surface area contributed by atoms with Crippen molar-refractivity contribution in [2.24, 2.45) is 27.2 Å². The van der Waals surface area contributed by atoms with E-state index in [1.807, 2.05) is 32.0 Å². The van der Waals surface area contributed by atoms with Crippen molar-refractivity contribution in [1.29, 1.82) is 0 Å². The maximum atomic E-state index is 14.2. The lowest BCUT2D eigenvalue weighted by Gasteiger charge is -2.39. The van der Waals surface area contributed by atoms with Crippen LogP contribution in [0, 0.1) is 22.2 Å². The van der Waals surface area contributed by atoms with Gasteiger partial charge in [0.25, 0.3) is 5.91 Å². The van der Waals surface area contributed by atoms with Crippen molar-refractivity contribution in [3.05, 3.63) is 35.9 Å². The fraction of sp³-hybridized carbons (Fsp3) is 0.727. The van der Waals surface area contributed by atoms with E-state index in [1.54, 1.807) is 29.0 Å². The van der Waals surface area contributed by atoms with E-state index in [4.69, 9.17) is 14.0 Å². The number of carbonyl (C=O) groups is 2. The molecule has 2 saturated carbocycles. The summed E-state index contributed by atoms with van der Waals surface area (Å²) in [5, 5.41) is 0. The molecule has 1 aromatic rings. The van der Waals surface area contributed by atoms with Crippen LogP contribution in [0.2, 0.25) is 0 Å². The highest BCUT2D eigenvalue weighted by Crippen LogP contribution is 2.65. The number of rotatable bonds is 11. The standard InChI is InChI=1S/C33H52N3O5P/c1-10-40-42(39,41-11-2)27(34-26-22-24-20-21-33(26,8)32(24,6)7)19-15-18-25-29(38)35(9)30(31(3,4)5)36(25)28(37)23-16-13-12-14-17-23/h12-14,16-17,24-25,27,30H,10-11,15,18-22H2,1-9H3/b34-26+/t24-,25-,27-,30-,33+/m0/s1. The highest BCUT2D eigenvalue weighted by atomic mass is 31.2. The predicted molar refractivity (Wildman–Crippen MR) is 168 cm³/mol. The van der Waals surface area contributed by atoms with Crippen molar-refractivity contribution >= 4 is 25.1 Å². The SMILES string of the molecule is CCOP(=O)(OCC)[C@@H](CCC[C@H]1C(=O)N(C)[C@H](C(C)(C)C)N1C(=O)c1ccccc1)/N=C1\C[C@@H]2CC[C@@]1(C)C2(C)C. The molecule has 42 heavy (non-hydrogen) atoms. The van der Waals surface area contributed by atoms with Crippen LogP contribution in [0.1, 0.15) is 104 Å². The number of amides is 2. The molecule has 8 nitrogen and oxygen atoms in total. The molecule has 234 valence electrons. The van der Waals surface area contributed by atoms with Crippen LogP contribution in [0.15, 0.2) is 35.3 Å². The minimum Gasteiger partial charge on any atom is -0.323 e. The summed E-state index contributed by atoms with van der Waals surface area (Å²) in [6, 6.07) is 8.55. The average Bonchev–Trinajstić information content (AvgIpc) is 3.39. The number of hydrogen-bond donors (Lipinski definition) is 0. The maximum Gasteiger partial charge on any atom is 0.354 e. The number of likely N-dealkylation sites (N-methyl/N-ethyl adjacent to an activating group) is 1. The zero-order valence-electron chi connectivity index (χ0n) is 27.2. The number of carbonyl (C=O) groups excluding carboxylic acids is 2. The molecule has 1 heterocycles. The van der Waals surface area contributed by atoms with Gasteiger partial charge in [0.2, 0.25) is 5.91 Å². The summed E-state index contributed by atoms with van der Waals surface area (Å²) in [6.07, 6.45) is 4.25. The van der Waals surface area contributed by atoms with Gasteiger partial charge in [-0.3, -0.25) is 19.1 Å². The van der Waals surface area contributed by atoms with Gasteiger partial charge in [-0.1, -0.05) is 59.7 Å². The first-order chi connectivity index (χ1) is 19.6. The smallest absolute Gasteiger partial charge is 0.323 e. The summed E-state index contributed by atoms with van der Waals surface area (Å²) >= 11 is 0. The summed E-state index contributed by atoms with van der Waals surface area (Å²) in [5.41, 5.74) is 1.44. The van der Waals surface area contributed by atoms with Gasteiger partial charge in [-0.15, -0.1) is 0 Å². The van der Waals surface area contributed by atoms with E-state index in [0.29, 0.717) is 30.7 Å². The molecule has 0 radical (unpaired) electrons. The molecule has 5 atom stereocenters. The van der Waals surface area contributed by atoms with Gasteiger partial charge in [0.05, 0.1) is 13.2 Å². The summed E-state index contributed by atoms with van der Waals surface area (Å²) in [5.74, 6) is -0.298. The van der Waals surface area contributed by atoms with E-state index in [0.717, 1.165) is 18.6 Å². The molecule has 9 heteroatoms. The van der Waals surface area contributed by atoms with E-state index in [2.05, 4.69) is 41.5 Å². The lowest BCUT2D eigenvalue weighted by Crippen LogP contribution is -2.50. The predicted octanol–water partition coefficient (Wildman–Crippen LogP) is 7.39. The first kappa shape index (κ1) is 32.9. The Morgan fingerprint density at radius 3 is 2.24 bits per heavy atom. The Balaban J connectivity index is 1.62. The molecule has 0 unspecified atom stereocenters. The second kappa shape index (κ2) is 12.2. The minimum atomic E-state index is -3.55. The number of benzene rings is 1. The zero-order valence-corrected chi connectivity index (χ0v) is 28.1. The molecule has 4 rings (SSSR count). The Morgan fingerprint density at radius 2 is 1.74 bits per heavy atom. The molecular weight excluding hydrogens is 549 g/mol. The largest absolute Gasteiger partial charge is 0.354 e. The third-order valence-corrected chi connectivity index (χ3v) is 12.7. The Kier molecular flexibility index (Phi) is 9.53.